The Balaban J connectivity index is 0.00000228. The van der Waals surface area contributed by atoms with Gasteiger partial charge in [-0.15, -0.1) is 0 Å². The Labute approximate surface area is 223 Å². The maximum Gasteiger partial charge on any atom is 1.00 e. The minimum atomic E-state index is -0.0366. The SMILES string of the molecule is Cc1cc(C)c(C(=O)Pc2ccc(OCc3ccccc3)cc2OCc2ccccc2)c(C)c1.[H-].[Li+]. The minimum Gasteiger partial charge on any atom is -1.00 e. The largest absolute Gasteiger partial charge is 1.00 e. The number of aryl methyl sites for hydroxylation is 3. The summed E-state index contributed by atoms with van der Waals surface area (Å²) in [7, 11) is -0.0366. The predicted molar refractivity (Wildman–Crippen MR) is 142 cm³/mol. The van der Waals surface area contributed by atoms with Gasteiger partial charge in [0.15, 0.2) is 5.52 Å². The van der Waals surface area contributed by atoms with Crippen LogP contribution in [-0.2, 0) is 13.2 Å². The van der Waals surface area contributed by atoms with Crippen molar-refractivity contribution < 1.29 is 34.6 Å². The van der Waals surface area contributed by atoms with Gasteiger partial charge in [-0.3, -0.25) is 4.79 Å². The quantitative estimate of drug-likeness (QED) is 0.270. The molecule has 0 fully saturated rings. The van der Waals surface area contributed by atoms with Crippen LogP contribution >= 0.6 is 8.58 Å². The predicted octanol–water partition coefficient (Wildman–Crippen LogP) is 4.03. The zero-order valence-corrected chi connectivity index (χ0v) is 21.8. The van der Waals surface area contributed by atoms with E-state index in [1.54, 1.807) is 0 Å². The van der Waals surface area contributed by atoms with Crippen LogP contribution in [-0.4, -0.2) is 5.52 Å². The van der Waals surface area contributed by atoms with Crippen LogP contribution in [0.2, 0.25) is 0 Å². The number of rotatable bonds is 9. The molecule has 0 aliphatic heterocycles. The number of carbonyl (C=O) groups excluding carboxylic acids is 1. The molecule has 0 amide bonds. The van der Waals surface area contributed by atoms with Gasteiger partial charge in [0.25, 0.3) is 0 Å². The Morgan fingerprint density at radius 2 is 1.29 bits per heavy atom. The van der Waals surface area contributed by atoms with Crippen LogP contribution in [0.5, 0.6) is 11.5 Å². The standard InChI is InChI=1S/C30H29O3P.Li.H/c1-21-16-22(2)29(23(3)17-21)30(31)34-28-15-14-26(32-19-24-10-6-4-7-11-24)18-27(28)33-20-25-12-8-5-9-13-25;;/h4-18,34H,19-20H2,1-3H3;;/q;+1;-1. The summed E-state index contributed by atoms with van der Waals surface area (Å²) in [4.78, 5) is 13.3. The van der Waals surface area contributed by atoms with Gasteiger partial charge in [-0.1, -0.05) is 78.4 Å². The van der Waals surface area contributed by atoms with Crippen molar-refractivity contribution in [3.8, 4) is 11.5 Å². The molecule has 0 heterocycles. The topological polar surface area (TPSA) is 35.5 Å². The Morgan fingerprint density at radius 3 is 1.86 bits per heavy atom. The number of benzene rings is 4. The van der Waals surface area contributed by atoms with E-state index in [9.17, 15) is 4.79 Å². The van der Waals surface area contributed by atoms with E-state index in [1.807, 2.05) is 92.7 Å². The van der Waals surface area contributed by atoms with Gasteiger partial charge in [-0.05, 0) is 63.7 Å². The van der Waals surface area contributed by atoms with Gasteiger partial charge in [0.05, 0.1) is 0 Å². The summed E-state index contributed by atoms with van der Waals surface area (Å²) in [5, 5.41) is 0.882. The third-order valence-electron chi connectivity index (χ3n) is 5.59. The average Bonchev–Trinajstić information content (AvgIpc) is 2.83. The molecule has 174 valence electrons. The number of hydrogen-bond acceptors (Lipinski definition) is 3. The van der Waals surface area contributed by atoms with Crippen molar-refractivity contribution in [1.82, 2.24) is 0 Å². The summed E-state index contributed by atoms with van der Waals surface area (Å²) < 4.78 is 12.2. The van der Waals surface area contributed by atoms with Crippen LogP contribution in [0.25, 0.3) is 0 Å². The first-order valence-corrected chi connectivity index (χ1v) is 12.4. The zero-order chi connectivity index (χ0) is 23.9. The zero-order valence-electron chi connectivity index (χ0n) is 21.8. The molecule has 5 heteroatoms. The van der Waals surface area contributed by atoms with E-state index in [1.165, 1.54) is 5.56 Å². The monoisotopic (exact) mass is 476 g/mol. The van der Waals surface area contributed by atoms with Crippen molar-refractivity contribution in [1.29, 1.82) is 0 Å². The van der Waals surface area contributed by atoms with Crippen LogP contribution in [0.1, 0.15) is 39.6 Å². The number of ether oxygens (including phenoxy) is 2. The first-order chi connectivity index (χ1) is 16.5. The van der Waals surface area contributed by atoms with Gasteiger partial charge in [0.1, 0.15) is 24.7 Å². The van der Waals surface area contributed by atoms with Gasteiger partial charge >= 0.3 is 18.9 Å². The van der Waals surface area contributed by atoms with E-state index in [2.05, 4.69) is 19.1 Å². The van der Waals surface area contributed by atoms with Crippen LogP contribution in [0.4, 0.5) is 0 Å². The Bertz CT molecular complexity index is 1260. The number of hydrogen-bond donors (Lipinski definition) is 0. The van der Waals surface area contributed by atoms with E-state index in [0.717, 1.165) is 38.9 Å². The summed E-state index contributed by atoms with van der Waals surface area (Å²) in [6.45, 7) is 6.97. The maximum atomic E-state index is 13.3. The van der Waals surface area contributed by atoms with Crippen LogP contribution in [0.15, 0.2) is 91.0 Å². The van der Waals surface area contributed by atoms with E-state index in [4.69, 9.17) is 9.47 Å². The van der Waals surface area contributed by atoms with Gasteiger partial charge in [-0.2, -0.15) is 0 Å². The molecular weight excluding hydrogens is 446 g/mol. The molecule has 0 bridgehead atoms. The number of carbonyl (C=O) groups is 1. The maximum absolute atomic E-state index is 13.3. The minimum absolute atomic E-state index is 0. The van der Waals surface area contributed by atoms with Crippen molar-refractivity contribution in [3.63, 3.8) is 0 Å². The van der Waals surface area contributed by atoms with Crippen molar-refractivity contribution in [2.24, 2.45) is 0 Å². The second kappa shape index (κ2) is 12.8. The van der Waals surface area contributed by atoms with Gasteiger partial charge in [-0.25, -0.2) is 0 Å². The Kier molecular flexibility index (Phi) is 9.76. The molecule has 0 aliphatic rings. The second-order valence-corrected chi connectivity index (χ2v) is 9.68. The fourth-order valence-corrected chi connectivity index (χ4v) is 5.21. The molecule has 4 aromatic carbocycles. The molecule has 3 nitrogen and oxygen atoms in total. The summed E-state index contributed by atoms with van der Waals surface area (Å²) in [6, 6.07) is 30.0. The summed E-state index contributed by atoms with van der Waals surface area (Å²) in [5.41, 5.74) is 6.31. The fraction of sp³-hybridized carbons (Fsp3) is 0.167. The summed E-state index contributed by atoms with van der Waals surface area (Å²) in [6.07, 6.45) is 0. The molecule has 0 aliphatic carbocycles. The Hall–Kier alpha value is -2.82. The van der Waals surface area contributed by atoms with Crippen LogP contribution < -0.4 is 33.6 Å². The van der Waals surface area contributed by atoms with Crippen molar-refractivity contribution in [2.45, 2.75) is 34.0 Å². The normalized spacial score (nSPS) is 10.7. The molecule has 0 saturated heterocycles. The average molecular weight is 476 g/mol. The molecule has 0 N–H and O–H groups in total. The molecule has 35 heavy (non-hydrogen) atoms. The molecule has 0 radical (unpaired) electrons. The Morgan fingerprint density at radius 1 is 0.743 bits per heavy atom. The van der Waals surface area contributed by atoms with Gasteiger partial charge in [0, 0.05) is 16.9 Å². The van der Waals surface area contributed by atoms with Gasteiger partial charge < -0.3 is 10.9 Å². The molecule has 0 aromatic heterocycles. The molecule has 0 saturated carbocycles. The smallest absolute Gasteiger partial charge is 1.00 e. The van der Waals surface area contributed by atoms with Gasteiger partial charge in [0.2, 0.25) is 0 Å². The van der Waals surface area contributed by atoms with Crippen molar-refractivity contribution in [2.75, 3.05) is 0 Å². The molecule has 1 atom stereocenters. The second-order valence-electron chi connectivity index (χ2n) is 8.43. The fourth-order valence-electron chi connectivity index (χ4n) is 4.01. The van der Waals surface area contributed by atoms with Crippen LogP contribution in [0, 0.1) is 20.8 Å². The molecule has 4 aromatic rings. The first-order valence-electron chi connectivity index (χ1n) is 11.4. The molecule has 0 spiro atoms. The third kappa shape index (κ3) is 7.33. The van der Waals surface area contributed by atoms with Crippen molar-refractivity contribution >= 4 is 19.4 Å². The van der Waals surface area contributed by atoms with E-state index >= 15 is 0 Å². The molecular formula is C30H30LiO3P. The molecule has 4 rings (SSSR count). The van der Waals surface area contributed by atoms with Crippen LogP contribution in [0.3, 0.4) is 0 Å². The van der Waals surface area contributed by atoms with E-state index in [0.29, 0.717) is 19.0 Å². The molecule has 1 unspecified atom stereocenters. The van der Waals surface area contributed by atoms with E-state index in [-0.39, 0.29) is 34.4 Å². The first kappa shape index (κ1) is 26.8. The van der Waals surface area contributed by atoms with Crippen molar-refractivity contribution in [3.05, 3.63) is 124 Å². The van der Waals surface area contributed by atoms with E-state index < -0.39 is 0 Å². The summed E-state index contributed by atoms with van der Waals surface area (Å²) >= 11 is 0. The third-order valence-corrected chi connectivity index (χ3v) is 6.75. The summed E-state index contributed by atoms with van der Waals surface area (Å²) in [5.74, 6) is 1.40.